The molecule has 192 valence electrons. The quantitative estimate of drug-likeness (QED) is 0.273. The molecule has 0 spiro atoms. The molecule has 0 amide bonds. The molecule has 2 heterocycles. The number of hydrogen-bond donors (Lipinski definition) is 2. The number of nitrogens with zero attached hydrogens (tertiary/aromatic N) is 2. The van der Waals surface area contributed by atoms with Gasteiger partial charge in [-0.25, -0.2) is 13.1 Å². The van der Waals surface area contributed by atoms with Crippen LogP contribution in [0.4, 0.5) is 11.5 Å². The summed E-state index contributed by atoms with van der Waals surface area (Å²) in [6.07, 6.45) is 1.74. The molecule has 6 rings (SSSR count). The standard InChI is InChI=1S/C30H28N4O3S/c1-20-15-16-22(18-28(20)38(35,36)31-19-23-10-7-17-37-23)29-25-12-4-5-13-26(25)30(34-33-29)32-27-14-6-9-21-8-2-3-11-24(21)27/h2-6,8-9,11-16,18,23,31H,7,10,17,19H2,1H3,(H,32,34). The molecule has 0 bridgehead atoms. The summed E-state index contributed by atoms with van der Waals surface area (Å²) in [6.45, 7) is 2.74. The van der Waals surface area contributed by atoms with Gasteiger partial charge in [-0.3, -0.25) is 0 Å². The van der Waals surface area contributed by atoms with E-state index in [1.807, 2.05) is 60.7 Å². The Balaban J connectivity index is 1.37. The number of anilines is 2. The van der Waals surface area contributed by atoms with Gasteiger partial charge in [-0.05, 0) is 42.8 Å². The van der Waals surface area contributed by atoms with Gasteiger partial charge in [0.1, 0.15) is 5.69 Å². The molecular formula is C30H28N4O3S. The molecule has 0 saturated carbocycles. The third kappa shape index (κ3) is 4.74. The first kappa shape index (κ1) is 24.5. The van der Waals surface area contributed by atoms with E-state index < -0.39 is 10.0 Å². The summed E-state index contributed by atoms with van der Waals surface area (Å²) in [5.74, 6) is 0.638. The Labute approximate surface area is 221 Å². The van der Waals surface area contributed by atoms with E-state index in [9.17, 15) is 8.42 Å². The molecule has 1 saturated heterocycles. The first-order valence-corrected chi connectivity index (χ1v) is 14.2. The number of rotatable bonds is 7. The zero-order valence-corrected chi connectivity index (χ0v) is 21.8. The van der Waals surface area contributed by atoms with Crippen molar-refractivity contribution in [3.8, 4) is 11.3 Å². The first-order valence-electron chi connectivity index (χ1n) is 12.7. The van der Waals surface area contributed by atoms with Crippen LogP contribution in [0.2, 0.25) is 0 Å². The van der Waals surface area contributed by atoms with Crippen LogP contribution in [0.1, 0.15) is 18.4 Å². The lowest BCUT2D eigenvalue weighted by atomic mass is 10.0. The molecular weight excluding hydrogens is 496 g/mol. The van der Waals surface area contributed by atoms with Crippen LogP contribution < -0.4 is 10.0 Å². The minimum Gasteiger partial charge on any atom is -0.377 e. The largest absolute Gasteiger partial charge is 0.377 e. The molecule has 8 heteroatoms. The molecule has 5 aromatic rings. The van der Waals surface area contributed by atoms with E-state index in [2.05, 4.69) is 38.4 Å². The molecule has 4 aromatic carbocycles. The third-order valence-corrected chi connectivity index (χ3v) is 8.57. The minimum absolute atomic E-state index is 0.0788. The second-order valence-corrected chi connectivity index (χ2v) is 11.3. The maximum absolute atomic E-state index is 13.2. The zero-order valence-electron chi connectivity index (χ0n) is 21.0. The van der Waals surface area contributed by atoms with Crippen LogP contribution in [0.15, 0.2) is 89.8 Å². The van der Waals surface area contributed by atoms with Crippen LogP contribution in [0.25, 0.3) is 32.8 Å². The van der Waals surface area contributed by atoms with Gasteiger partial charge in [0.2, 0.25) is 10.0 Å². The van der Waals surface area contributed by atoms with Gasteiger partial charge in [0.05, 0.1) is 11.0 Å². The van der Waals surface area contributed by atoms with Crippen molar-refractivity contribution in [3.05, 3.63) is 90.5 Å². The molecule has 1 atom stereocenters. The maximum Gasteiger partial charge on any atom is 0.240 e. The fourth-order valence-electron chi connectivity index (χ4n) is 4.99. The highest BCUT2D eigenvalue weighted by molar-refractivity contribution is 7.89. The second kappa shape index (κ2) is 10.1. The molecule has 2 N–H and O–H groups in total. The van der Waals surface area contributed by atoms with Crippen molar-refractivity contribution in [1.29, 1.82) is 0 Å². The van der Waals surface area contributed by atoms with Crippen LogP contribution in [-0.2, 0) is 14.8 Å². The highest BCUT2D eigenvalue weighted by Gasteiger charge is 2.23. The van der Waals surface area contributed by atoms with Crippen molar-refractivity contribution in [3.63, 3.8) is 0 Å². The van der Waals surface area contributed by atoms with Crippen molar-refractivity contribution in [2.45, 2.75) is 30.8 Å². The minimum atomic E-state index is -3.72. The fourth-order valence-corrected chi connectivity index (χ4v) is 6.33. The van der Waals surface area contributed by atoms with Crippen molar-refractivity contribution < 1.29 is 13.2 Å². The SMILES string of the molecule is Cc1ccc(-c2nnc(Nc3cccc4ccccc34)c3ccccc23)cc1S(=O)(=O)NCC1CCCO1. The average molecular weight is 525 g/mol. The highest BCUT2D eigenvalue weighted by atomic mass is 32.2. The zero-order chi connectivity index (χ0) is 26.1. The Bertz CT molecular complexity index is 1740. The van der Waals surface area contributed by atoms with Crippen LogP contribution in [-0.4, -0.2) is 37.9 Å². The average Bonchev–Trinajstić information content (AvgIpc) is 3.47. The van der Waals surface area contributed by atoms with Crippen LogP contribution in [0, 0.1) is 6.92 Å². The number of nitrogens with one attached hydrogen (secondary N) is 2. The van der Waals surface area contributed by atoms with Crippen molar-refractivity contribution in [1.82, 2.24) is 14.9 Å². The molecule has 1 aromatic heterocycles. The Morgan fingerprint density at radius 1 is 0.895 bits per heavy atom. The predicted octanol–water partition coefficient (Wildman–Crippen LogP) is 5.96. The summed E-state index contributed by atoms with van der Waals surface area (Å²) >= 11 is 0. The molecule has 0 aliphatic carbocycles. The van der Waals surface area contributed by atoms with Crippen LogP contribution in [0.3, 0.4) is 0 Å². The molecule has 7 nitrogen and oxygen atoms in total. The highest BCUT2D eigenvalue weighted by Crippen LogP contribution is 2.34. The van der Waals surface area contributed by atoms with Crippen molar-refractivity contribution in [2.75, 3.05) is 18.5 Å². The normalized spacial score (nSPS) is 15.8. The van der Waals surface area contributed by atoms with E-state index in [0.29, 0.717) is 29.2 Å². The van der Waals surface area contributed by atoms with Crippen molar-refractivity contribution in [2.24, 2.45) is 0 Å². The summed E-state index contributed by atoms with van der Waals surface area (Å²) in [5.41, 5.74) is 2.92. The number of aromatic nitrogens is 2. The van der Waals surface area contributed by atoms with Gasteiger partial charge in [0, 0.05) is 40.6 Å². The summed E-state index contributed by atoms with van der Waals surface area (Å²) < 4.78 is 34.7. The van der Waals surface area contributed by atoms with Crippen molar-refractivity contribution >= 4 is 43.1 Å². The Hall–Kier alpha value is -3.85. The van der Waals surface area contributed by atoms with E-state index in [1.54, 1.807) is 13.0 Å². The summed E-state index contributed by atoms with van der Waals surface area (Å²) in [5, 5.41) is 16.6. The van der Waals surface area contributed by atoms with Gasteiger partial charge in [0.25, 0.3) is 0 Å². The lowest BCUT2D eigenvalue weighted by molar-refractivity contribution is 0.114. The van der Waals surface area contributed by atoms with Gasteiger partial charge < -0.3 is 10.1 Å². The fraction of sp³-hybridized carbons (Fsp3) is 0.200. The van der Waals surface area contributed by atoms with Gasteiger partial charge in [-0.1, -0.05) is 72.8 Å². The van der Waals surface area contributed by atoms with E-state index in [1.165, 1.54) is 0 Å². The number of ether oxygens (including phenoxy) is 1. The van der Waals surface area contributed by atoms with Crippen LogP contribution in [0.5, 0.6) is 0 Å². The first-order chi connectivity index (χ1) is 18.5. The molecule has 38 heavy (non-hydrogen) atoms. The molecule has 1 unspecified atom stereocenters. The topological polar surface area (TPSA) is 93.2 Å². The number of sulfonamides is 1. The lowest BCUT2D eigenvalue weighted by Gasteiger charge is -2.15. The summed E-state index contributed by atoms with van der Waals surface area (Å²) in [6, 6.07) is 27.6. The number of benzene rings is 4. The van der Waals surface area contributed by atoms with E-state index in [0.717, 1.165) is 40.1 Å². The molecule has 1 aliphatic rings. The smallest absolute Gasteiger partial charge is 0.240 e. The van der Waals surface area contributed by atoms with Gasteiger partial charge in [0.15, 0.2) is 5.82 Å². The lowest BCUT2D eigenvalue weighted by Crippen LogP contribution is -2.32. The summed E-state index contributed by atoms with van der Waals surface area (Å²) in [4.78, 5) is 0.233. The Morgan fingerprint density at radius 3 is 2.47 bits per heavy atom. The van der Waals surface area contributed by atoms with Gasteiger partial charge in [-0.15, -0.1) is 10.2 Å². The number of fused-ring (bicyclic) bond motifs is 2. The second-order valence-electron chi connectivity index (χ2n) is 9.56. The van der Waals surface area contributed by atoms with E-state index >= 15 is 0 Å². The number of aryl methyl sites for hydroxylation is 1. The Kier molecular flexibility index (Phi) is 6.53. The monoisotopic (exact) mass is 524 g/mol. The maximum atomic E-state index is 13.2. The summed E-state index contributed by atoms with van der Waals surface area (Å²) in [7, 11) is -3.72. The van der Waals surface area contributed by atoms with E-state index in [-0.39, 0.29) is 17.5 Å². The molecule has 1 aliphatic heterocycles. The predicted molar refractivity (Wildman–Crippen MR) is 151 cm³/mol. The van der Waals surface area contributed by atoms with Gasteiger partial charge in [-0.2, -0.15) is 0 Å². The molecule has 1 fully saturated rings. The Morgan fingerprint density at radius 2 is 1.66 bits per heavy atom. The van der Waals surface area contributed by atoms with Gasteiger partial charge >= 0.3 is 0 Å². The van der Waals surface area contributed by atoms with Crippen LogP contribution >= 0.6 is 0 Å². The third-order valence-electron chi connectivity index (χ3n) is 7.01. The number of hydrogen-bond acceptors (Lipinski definition) is 6. The van der Waals surface area contributed by atoms with E-state index in [4.69, 9.17) is 4.74 Å². The molecule has 0 radical (unpaired) electrons.